The van der Waals surface area contributed by atoms with Crippen LogP contribution in [0.2, 0.25) is 0 Å². The molecule has 0 spiro atoms. The number of aliphatic carboxylic acids is 1. The van der Waals surface area contributed by atoms with E-state index in [1.165, 1.54) is 11.3 Å². The van der Waals surface area contributed by atoms with Crippen LogP contribution in [0.5, 0.6) is 0 Å². The lowest BCUT2D eigenvalue weighted by molar-refractivity contribution is -0.143. The van der Waals surface area contributed by atoms with Crippen molar-refractivity contribution in [2.75, 3.05) is 5.32 Å². The van der Waals surface area contributed by atoms with E-state index in [2.05, 4.69) is 10.3 Å². The SMILES string of the molecule is O=C(O)C1CCCCC1Nc1nccs1. The van der Waals surface area contributed by atoms with Gasteiger partial charge in [-0.05, 0) is 12.8 Å². The first-order chi connectivity index (χ1) is 7.27. The van der Waals surface area contributed by atoms with Gasteiger partial charge in [-0.2, -0.15) is 0 Å². The molecule has 1 aliphatic carbocycles. The van der Waals surface area contributed by atoms with Crippen molar-refractivity contribution in [3.05, 3.63) is 11.6 Å². The van der Waals surface area contributed by atoms with Crippen LogP contribution in [0.4, 0.5) is 5.13 Å². The molecule has 1 aromatic heterocycles. The second-order valence-corrected chi connectivity index (χ2v) is 4.71. The maximum Gasteiger partial charge on any atom is 0.308 e. The Balaban J connectivity index is 2.02. The number of carboxylic acid groups (broad SMARTS) is 1. The molecule has 0 aliphatic heterocycles. The number of hydrogen-bond donors (Lipinski definition) is 2. The molecule has 5 heteroatoms. The van der Waals surface area contributed by atoms with E-state index in [1.54, 1.807) is 6.20 Å². The molecule has 0 amide bonds. The summed E-state index contributed by atoms with van der Waals surface area (Å²) in [5, 5.41) is 15.0. The lowest BCUT2D eigenvalue weighted by Gasteiger charge is -2.28. The molecule has 1 aliphatic rings. The molecule has 4 nitrogen and oxygen atoms in total. The van der Waals surface area contributed by atoms with E-state index in [-0.39, 0.29) is 12.0 Å². The minimum Gasteiger partial charge on any atom is -0.481 e. The highest BCUT2D eigenvalue weighted by atomic mass is 32.1. The molecular formula is C10H14N2O2S. The maximum absolute atomic E-state index is 11.0. The van der Waals surface area contributed by atoms with E-state index in [0.29, 0.717) is 0 Å². The topological polar surface area (TPSA) is 62.2 Å². The molecule has 2 N–H and O–H groups in total. The summed E-state index contributed by atoms with van der Waals surface area (Å²) in [6.45, 7) is 0. The summed E-state index contributed by atoms with van der Waals surface area (Å²) < 4.78 is 0. The average Bonchev–Trinajstić information content (AvgIpc) is 2.71. The van der Waals surface area contributed by atoms with Gasteiger partial charge >= 0.3 is 5.97 Å². The number of hydrogen-bond acceptors (Lipinski definition) is 4. The molecule has 1 heterocycles. The van der Waals surface area contributed by atoms with Gasteiger partial charge in [0, 0.05) is 17.6 Å². The second kappa shape index (κ2) is 4.61. The number of rotatable bonds is 3. The number of carboxylic acids is 1. The van der Waals surface area contributed by atoms with Gasteiger partial charge in [-0.1, -0.05) is 12.8 Å². The summed E-state index contributed by atoms with van der Waals surface area (Å²) in [6.07, 6.45) is 5.56. The summed E-state index contributed by atoms with van der Waals surface area (Å²) in [5.74, 6) is -0.952. The normalized spacial score (nSPS) is 26.1. The van der Waals surface area contributed by atoms with Crippen LogP contribution in [0.25, 0.3) is 0 Å². The number of nitrogens with one attached hydrogen (secondary N) is 1. The molecule has 0 bridgehead atoms. The van der Waals surface area contributed by atoms with E-state index in [9.17, 15) is 4.79 Å². The minimum atomic E-state index is -0.691. The van der Waals surface area contributed by atoms with Crippen molar-refractivity contribution in [2.45, 2.75) is 31.7 Å². The fourth-order valence-electron chi connectivity index (χ4n) is 2.05. The van der Waals surface area contributed by atoms with Gasteiger partial charge in [-0.25, -0.2) is 4.98 Å². The van der Waals surface area contributed by atoms with Crippen molar-refractivity contribution in [2.24, 2.45) is 5.92 Å². The molecule has 82 valence electrons. The molecule has 0 saturated heterocycles. The van der Waals surface area contributed by atoms with E-state index >= 15 is 0 Å². The van der Waals surface area contributed by atoms with Gasteiger partial charge in [0.25, 0.3) is 0 Å². The van der Waals surface area contributed by atoms with Crippen LogP contribution in [0.3, 0.4) is 0 Å². The van der Waals surface area contributed by atoms with Crippen molar-refractivity contribution in [3.8, 4) is 0 Å². The molecule has 15 heavy (non-hydrogen) atoms. The van der Waals surface area contributed by atoms with Crippen molar-refractivity contribution < 1.29 is 9.90 Å². The van der Waals surface area contributed by atoms with Crippen LogP contribution >= 0.6 is 11.3 Å². The predicted octanol–water partition coefficient (Wildman–Crippen LogP) is 2.20. The second-order valence-electron chi connectivity index (χ2n) is 3.82. The van der Waals surface area contributed by atoms with Gasteiger partial charge in [-0.15, -0.1) is 11.3 Å². The molecule has 1 aromatic rings. The predicted molar refractivity (Wildman–Crippen MR) is 59.1 cm³/mol. The van der Waals surface area contributed by atoms with Gasteiger partial charge in [-0.3, -0.25) is 4.79 Å². The highest BCUT2D eigenvalue weighted by molar-refractivity contribution is 7.13. The van der Waals surface area contributed by atoms with Crippen LogP contribution in [0, 0.1) is 5.92 Å². The average molecular weight is 226 g/mol. The Kier molecular flexibility index (Phi) is 3.20. The van der Waals surface area contributed by atoms with E-state index in [0.717, 1.165) is 30.8 Å². The molecule has 2 rings (SSSR count). The molecule has 1 saturated carbocycles. The molecule has 2 unspecified atom stereocenters. The third-order valence-electron chi connectivity index (χ3n) is 2.82. The van der Waals surface area contributed by atoms with Gasteiger partial charge in [0.05, 0.1) is 5.92 Å². The standard InChI is InChI=1S/C10H14N2O2S/c13-9(14)7-3-1-2-4-8(7)12-10-11-5-6-15-10/h5-8H,1-4H2,(H,11,12)(H,13,14). The van der Waals surface area contributed by atoms with Gasteiger partial charge in [0.2, 0.25) is 0 Å². The quantitative estimate of drug-likeness (QED) is 0.829. The summed E-state index contributed by atoms with van der Waals surface area (Å²) >= 11 is 1.52. The molecule has 0 radical (unpaired) electrons. The smallest absolute Gasteiger partial charge is 0.308 e. The third kappa shape index (κ3) is 2.47. The minimum absolute atomic E-state index is 0.0439. The molecule has 2 atom stereocenters. The van der Waals surface area contributed by atoms with Gasteiger partial charge < -0.3 is 10.4 Å². The Labute approximate surface area is 92.3 Å². The Bertz CT molecular complexity index is 326. The van der Waals surface area contributed by atoms with E-state index in [4.69, 9.17) is 5.11 Å². The summed E-state index contributed by atoms with van der Waals surface area (Å²) in [5.41, 5.74) is 0. The van der Waals surface area contributed by atoms with E-state index < -0.39 is 5.97 Å². The zero-order valence-corrected chi connectivity index (χ0v) is 9.17. The van der Waals surface area contributed by atoms with Crippen LogP contribution < -0.4 is 5.32 Å². The lowest BCUT2D eigenvalue weighted by atomic mass is 9.85. The van der Waals surface area contributed by atoms with Gasteiger partial charge in [0.1, 0.15) is 0 Å². The van der Waals surface area contributed by atoms with Crippen LogP contribution in [-0.2, 0) is 4.79 Å². The number of aromatic nitrogens is 1. The van der Waals surface area contributed by atoms with Crippen LogP contribution in [0.15, 0.2) is 11.6 Å². The highest BCUT2D eigenvalue weighted by Gasteiger charge is 2.30. The Morgan fingerprint density at radius 2 is 2.33 bits per heavy atom. The van der Waals surface area contributed by atoms with Crippen LogP contribution in [0.1, 0.15) is 25.7 Å². The van der Waals surface area contributed by atoms with Crippen LogP contribution in [-0.4, -0.2) is 22.1 Å². The highest BCUT2D eigenvalue weighted by Crippen LogP contribution is 2.27. The molecule has 1 fully saturated rings. The van der Waals surface area contributed by atoms with Crippen molar-refractivity contribution in [3.63, 3.8) is 0 Å². The largest absolute Gasteiger partial charge is 0.481 e. The monoisotopic (exact) mass is 226 g/mol. The van der Waals surface area contributed by atoms with Crippen molar-refractivity contribution >= 4 is 22.4 Å². The first kappa shape index (κ1) is 10.4. The van der Waals surface area contributed by atoms with Gasteiger partial charge in [0.15, 0.2) is 5.13 Å². The molecular weight excluding hydrogens is 212 g/mol. The summed E-state index contributed by atoms with van der Waals surface area (Å²) in [7, 11) is 0. The Morgan fingerprint density at radius 3 is 3.00 bits per heavy atom. The number of anilines is 1. The fourth-order valence-corrected chi connectivity index (χ4v) is 2.64. The van der Waals surface area contributed by atoms with Crippen molar-refractivity contribution in [1.29, 1.82) is 0 Å². The Morgan fingerprint density at radius 1 is 1.53 bits per heavy atom. The zero-order chi connectivity index (χ0) is 10.7. The number of nitrogens with zero attached hydrogens (tertiary/aromatic N) is 1. The number of thiazole rings is 1. The number of carbonyl (C=O) groups is 1. The summed E-state index contributed by atoms with van der Waals surface area (Å²) in [4.78, 5) is 15.2. The fraction of sp³-hybridized carbons (Fsp3) is 0.600. The Hall–Kier alpha value is -1.10. The molecule has 0 aromatic carbocycles. The first-order valence-corrected chi connectivity index (χ1v) is 6.04. The maximum atomic E-state index is 11.0. The lowest BCUT2D eigenvalue weighted by Crippen LogP contribution is -2.37. The van der Waals surface area contributed by atoms with Crippen molar-refractivity contribution in [1.82, 2.24) is 4.98 Å². The third-order valence-corrected chi connectivity index (χ3v) is 3.53. The zero-order valence-electron chi connectivity index (χ0n) is 8.35. The first-order valence-electron chi connectivity index (χ1n) is 5.16. The summed E-state index contributed by atoms with van der Waals surface area (Å²) in [6, 6.07) is 0.0439. The van der Waals surface area contributed by atoms with E-state index in [1.807, 2.05) is 5.38 Å².